The summed E-state index contributed by atoms with van der Waals surface area (Å²) in [6, 6.07) is 5.45. The van der Waals surface area contributed by atoms with Crippen molar-refractivity contribution in [1.29, 1.82) is 0 Å². The van der Waals surface area contributed by atoms with Crippen LogP contribution in [-0.4, -0.2) is 16.4 Å². The molecule has 2 N–H and O–H groups in total. The number of nitrogens with zero attached hydrogens (tertiary/aromatic N) is 2. The number of fused-ring (bicyclic) bond motifs is 1. The van der Waals surface area contributed by atoms with Crippen molar-refractivity contribution in [2.24, 2.45) is 0 Å². The topological polar surface area (TPSA) is 66.9 Å². The predicted octanol–water partition coefficient (Wildman–Crippen LogP) is 0.703. The molecule has 1 aromatic heterocycles. The van der Waals surface area contributed by atoms with Crippen LogP contribution in [0.3, 0.4) is 0 Å². The SMILES string of the molecule is O=CNNc1ccc2nccnc2c1. The van der Waals surface area contributed by atoms with Crippen molar-refractivity contribution in [1.82, 2.24) is 15.4 Å². The van der Waals surface area contributed by atoms with Crippen LogP contribution in [0.25, 0.3) is 11.0 Å². The van der Waals surface area contributed by atoms with Crippen molar-refractivity contribution in [3.8, 4) is 0 Å². The second kappa shape index (κ2) is 3.69. The smallest absolute Gasteiger partial charge is 0.225 e. The first-order valence-electron chi connectivity index (χ1n) is 4.06. The molecule has 0 atom stereocenters. The van der Waals surface area contributed by atoms with E-state index in [1.54, 1.807) is 18.5 Å². The third kappa shape index (κ3) is 1.61. The monoisotopic (exact) mass is 188 g/mol. The first kappa shape index (κ1) is 8.43. The van der Waals surface area contributed by atoms with E-state index in [4.69, 9.17) is 0 Å². The summed E-state index contributed by atoms with van der Waals surface area (Å²) in [4.78, 5) is 18.3. The number of carbonyl (C=O) groups excluding carboxylic acids is 1. The number of aromatic nitrogens is 2. The molecule has 14 heavy (non-hydrogen) atoms. The number of rotatable bonds is 3. The lowest BCUT2D eigenvalue weighted by Gasteiger charge is -2.03. The van der Waals surface area contributed by atoms with Crippen LogP contribution in [0, 0.1) is 0 Å². The Bertz CT molecular complexity index is 457. The van der Waals surface area contributed by atoms with Gasteiger partial charge in [-0.25, -0.2) is 0 Å². The summed E-state index contributed by atoms with van der Waals surface area (Å²) >= 11 is 0. The second-order valence-corrected chi connectivity index (χ2v) is 2.65. The normalized spacial score (nSPS) is 9.71. The Labute approximate surface area is 80.1 Å². The number of amides is 1. The van der Waals surface area contributed by atoms with E-state index in [2.05, 4.69) is 20.8 Å². The highest BCUT2D eigenvalue weighted by Gasteiger charge is 1.96. The molecule has 0 radical (unpaired) electrons. The fourth-order valence-corrected chi connectivity index (χ4v) is 1.15. The number of benzene rings is 1. The van der Waals surface area contributed by atoms with Gasteiger partial charge in [0, 0.05) is 12.4 Å². The van der Waals surface area contributed by atoms with Crippen molar-refractivity contribution in [2.45, 2.75) is 0 Å². The van der Waals surface area contributed by atoms with Crippen molar-refractivity contribution in [3.63, 3.8) is 0 Å². The van der Waals surface area contributed by atoms with Gasteiger partial charge in [0.2, 0.25) is 6.41 Å². The molecule has 0 unspecified atom stereocenters. The molecule has 2 aromatic rings. The molecule has 1 heterocycles. The van der Waals surface area contributed by atoms with Crippen LogP contribution in [0.2, 0.25) is 0 Å². The lowest BCUT2D eigenvalue weighted by molar-refractivity contribution is -0.109. The quantitative estimate of drug-likeness (QED) is 0.549. The van der Waals surface area contributed by atoms with Gasteiger partial charge in [-0.1, -0.05) is 0 Å². The number of hydrazine groups is 1. The number of hydrogen-bond acceptors (Lipinski definition) is 4. The molecule has 70 valence electrons. The molecule has 0 aliphatic heterocycles. The molecule has 0 saturated heterocycles. The van der Waals surface area contributed by atoms with Crippen molar-refractivity contribution in [2.75, 3.05) is 5.43 Å². The molecular formula is C9H8N4O. The van der Waals surface area contributed by atoms with Gasteiger partial charge in [0.1, 0.15) is 0 Å². The average molecular weight is 188 g/mol. The highest BCUT2D eigenvalue weighted by Crippen LogP contribution is 2.13. The van der Waals surface area contributed by atoms with Crippen LogP contribution in [0.15, 0.2) is 30.6 Å². The zero-order valence-electron chi connectivity index (χ0n) is 7.27. The predicted molar refractivity (Wildman–Crippen MR) is 52.4 cm³/mol. The molecule has 0 aliphatic rings. The summed E-state index contributed by atoms with van der Waals surface area (Å²) < 4.78 is 0. The third-order valence-electron chi connectivity index (χ3n) is 1.74. The number of nitrogens with one attached hydrogen (secondary N) is 2. The summed E-state index contributed by atoms with van der Waals surface area (Å²) in [5, 5.41) is 0. The second-order valence-electron chi connectivity index (χ2n) is 2.65. The minimum Gasteiger partial charge on any atom is -0.299 e. The lowest BCUT2D eigenvalue weighted by atomic mass is 10.3. The molecule has 0 spiro atoms. The van der Waals surface area contributed by atoms with Crippen molar-refractivity contribution >= 4 is 23.1 Å². The van der Waals surface area contributed by atoms with Crippen LogP contribution in [-0.2, 0) is 4.79 Å². The van der Waals surface area contributed by atoms with Crippen LogP contribution in [0.1, 0.15) is 0 Å². The Balaban J connectivity index is 2.36. The summed E-state index contributed by atoms with van der Waals surface area (Å²) in [5.41, 5.74) is 7.43. The van der Waals surface area contributed by atoms with Crippen LogP contribution in [0.5, 0.6) is 0 Å². The molecule has 0 fully saturated rings. The fourth-order valence-electron chi connectivity index (χ4n) is 1.15. The molecule has 5 nitrogen and oxygen atoms in total. The fraction of sp³-hybridized carbons (Fsp3) is 0. The summed E-state index contributed by atoms with van der Waals surface area (Å²) in [6.07, 6.45) is 3.83. The van der Waals surface area contributed by atoms with Crippen LogP contribution >= 0.6 is 0 Å². The first-order valence-corrected chi connectivity index (χ1v) is 4.06. The maximum absolute atomic E-state index is 10.0. The Hall–Kier alpha value is -2.17. The van der Waals surface area contributed by atoms with E-state index >= 15 is 0 Å². The molecule has 0 bridgehead atoms. The van der Waals surface area contributed by atoms with E-state index in [-0.39, 0.29) is 0 Å². The van der Waals surface area contributed by atoms with E-state index in [1.165, 1.54) is 0 Å². The van der Waals surface area contributed by atoms with Gasteiger partial charge in [-0.05, 0) is 18.2 Å². The average Bonchev–Trinajstić information content (AvgIpc) is 2.26. The van der Waals surface area contributed by atoms with Crippen LogP contribution in [0.4, 0.5) is 5.69 Å². The maximum atomic E-state index is 10.0. The summed E-state index contributed by atoms with van der Waals surface area (Å²) in [6.45, 7) is 0. The Morgan fingerprint density at radius 3 is 2.71 bits per heavy atom. The molecule has 1 amide bonds. The Morgan fingerprint density at radius 1 is 1.14 bits per heavy atom. The number of anilines is 1. The standard InChI is InChI=1S/C9H8N4O/c14-6-12-13-7-1-2-8-9(5-7)11-4-3-10-8/h1-6,13H,(H,12,14). The zero-order chi connectivity index (χ0) is 9.80. The van der Waals surface area contributed by atoms with Gasteiger partial charge in [0.05, 0.1) is 16.7 Å². The molecule has 2 rings (SSSR count). The lowest BCUT2D eigenvalue weighted by Crippen LogP contribution is -2.18. The largest absolute Gasteiger partial charge is 0.299 e. The minimum absolute atomic E-state index is 0.570. The number of hydrogen-bond donors (Lipinski definition) is 2. The first-order chi connectivity index (χ1) is 6.90. The molecular weight excluding hydrogens is 180 g/mol. The van der Waals surface area contributed by atoms with Gasteiger partial charge < -0.3 is 0 Å². The summed E-state index contributed by atoms with van der Waals surface area (Å²) in [7, 11) is 0. The van der Waals surface area contributed by atoms with Crippen molar-refractivity contribution in [3.05, 3.63) is 30.6 Å². The molecule has 0 aliphatic carbocycles. The van der Waals surface area contributed by atoms with Crippen molar-refractivity contribution < 1.29 is 4.79 Å². The van der Waals surface area contributed by atoms with E-state index in [9.17, 15) is 4.79 Å². The maximum Gasteiger partial charge on any atom is 0.225 e. The van der Waals surface area contributed by atoms with E-state index in [0.717, 1.165) is 16.7 Å². The van der Waals surface area contributed by atoms with Crippen LogP contribution < -0.4 is 10.9 Å². The third-order valence-corrected chi connectivity index (χ3v) is 1.74. The minimum atomic E-state index is 0.570. The van der Waals surface area contributed by atoms with Gasteiger partial charge in [-0.2, -0.15) is 0 Å². The van der Waals surface area contributed by atoms with E-state index in [1.807, 2.05) is 12.1 Å². The van der Waals surface area contributed by atoms with Gasteiger partial charge in [0.25, 0.3) is 0 Å². The van der Waals surface area contributed by atoms with E-state index < -0.39 is 0 Å². The van der Waals surface area contributed by atoms with Gasteiger partial charge >= 0.3 is 0 Å². The highest BCUT2D eigenvalue weighted by atomic mass is 16.1. The van der Waals surface area contributed by atoms with Gasteiger partial charge in [0.15, 0.2) is 0 Å². The molecule has 1 aromatic carbocycles. The van der Waals surface area contributed by atoms with Gasteiger partial charge in [-0.15, -0.1) is 0 Å². The molecule has 5 heteroatoms. The Kier molecular flexibility index (Phi) is 2.22. The molecule has 0 saturated carbocycles. The number of carbonyl (C=O) groups is 1. The van der Waals surface area contributed by atoms with E-state index in [0.29, 0.717) is 6.41 Å². The highest BCUT2D eigenvalue weighted by molar-refractivity contribution is 5.78. The Morgan fingerprint density at radius 2 is 1.93 bits per heavy atom. The van der Waals surface area contributed by atoms with Gasteiger partial charge in [-0.3, -0.25) is 25.6 Å². The zero-order valence-corrected chi connectivity index (χ0v) is 7.27. The summed E-state index contributed by atoms with van der Waals surface area (Å²) in [5.74, 6) is 0.